The summed E-state index contributed by atoms with van der Waals surface area (Å²) in [4.78, 5) is 12.3. The van der Waals surface area contributed by atoms with Crippen LogP contribution in [0.15, 0.2) is 53.0 Å². The van der Waals surface area contributed by atoms with E-state index in [9.17, 15) is 4.79 Å². The molecule has 2 N–H and O–H groups in total. The van der Waals surface area contributed by atoms with Gasteiger partial charge in [-0.3, -0.25) is 4.79 Å². The number of anilines is 1. The Balaban J connectivity index is 2.15. The van der Waals surface area contributed by atoms with E-state index >= 15 is 0 Å². The molecule has 1 amide bonds. The zero-order valence-electron chi connectivity index (χ0n) is 11.5. The molecule has 2 aromatic rings. The summed E-state index contributed by atoms with van der Waals surface area (Å²) in [5.74, 6) is -0.0811. The number of amides is 1. The summed E-state index contributed by atoms with van der Waals surface area (Å²) in [6.07, 6.45) is 0. The van der Waals surface area contributed by atoms with E-state index in [2.05, 4.69) is 26.6 Å². The molecule has 0 aromatic heterocycles. The molecule has 0 radical (unpaired) electrons. The van der Waals surface area contributed by atoms with Gasteiger partial charge in [-0.05, 0) is 36.8 Å². The van der Waals surface area contributed by atoms with E-state index in [1.165, 1.54) is 0 Å². The maximum Gasteiger partial charge on any atom is 0.253 e. The lowest BCUT2D eigenvalue weighted by atomic mass is 10.1. The van der Waals surface area contributed by atoms with Gasteiger partial charge in [0.25, 0.3) is 5.91 Å². The topological polar surface area (TPSA) is 41.1 Å². The van der Waals surface area contributed by atoms with E-state index in [0.717, 1.165) is 15.7 Å². The van der Waals surface area contributed by atoms with Gasteiger partial charge in [0.1, 0.15) is 0 Å². The van der Waals surface area contributed by atoms with Crippen molar-refractivity contribution in [2.45, 2.75) is 13.0 Å². The van der Waals surface area contributed by atoms with E-state index in [1.54, 1.807) is 0 Å². The molecule has 4 heteroatoms. The van der Waals surface area contributed by atoms with E-state index in [1.807, 2.05) is 62.5 Å². The van der Waals surface area contributed by atoms with Crippen molar-refractivity contribution in [1.29, 1.82) is 0 Å². The van der Waals surface area contributed by atoms with Crippen molar-refractivity contribution < 1.29 is 4.79 Å². The molecule has 0 saturated carbocycles. The molecule has 2 rings (SSSR count). The highest BCUT2D eigenvalue weighted by atomic mass is 79.9. The molecular weight excluding hydrogens is 316 g/mol. The molecule has 2 aromatic carbocycles. The van der Waals surface area contributed by atoms with Gasteiger partial charge in [0, 0.05) is 17.2 Å². The molecule has 1 atom stereocenters. The van der Waals surface area contributed by atoms with Gasteiger partial charge in [0.05, 0.1) is 11.6 Å². The molecule has 0 unspecified atom stereocenters. The fourth-order valence-electron chi connectivity index (χ4n) is 2.03. The van der Waals surface area contributed by atoms with Gasteiger partial charge in [0.15, 0.2) is 0 Å². The number of rotatable bonds is 4. The lowest BCUT2D eigenvalue weighted by Gasteiger charge is -2.16. The normalized spacial score (nSPS) is 11.8. The van der Waals surface area contributed by atoms with Crippen LogP contribution < -0.4 is 10.6 Å². The summed E-state index contributed by atoms with van der Waals surface area (Å²) in [5.41, 5.74) is 2.54. The monoisotopic (exact) mass is 332 g/mol. The molecule has 0 aliphatic carbocycles. The Hall–Kier alpha value is -1.81. The average molecular weight is 333 g/mol. The highest BCUT2D eigenvalue weighted by molar-refractivity contribution is 9.10. The van der Waals surface area contributed by atoms with Gasteiger partial charge in [-0.1, -0.05) is 40.2 Å². The highest BCUT2D eigenvalue weighted by Crippen LogP contribution is 2.20. The molecule has 0 spiro atoms. The Bertz CT molecular complexity index is 613. The van der Waals surface area contributed by atoms with Crippen molar-refractivity contribution in [3.63, 3.8) is 0 Å². The van der Waals surface area contributed by atoms with Crippen molar-refractivity contribution in [3.8, 4) is 0 Å². The second-order valence-electron chi connectivity index (χ2n) is 4.55. The number of hydrogen-bond acceptors (Lipinski definition) is 2. The third-order valence-electron chi connectivity index (χ3n) is 3.14. The summed E-state index contributed by atoms with van der Waals surface area (Å²) in [5, 5.41) is 6.04. The first-order valence-electron chi connectivity index (χ1n) is 6.45. The van der Waals surface area contributed by atoms with Crippen LogP contribution in [0.4, 0.5) is 5.69 Å². The lowest BCUT2D eigenvalue weighted by Crippen LogP contribution is -2.27. The van der Waals surface area contributed by atoms with Gasteiger partial charge in [-0.15, -0.1) is 0 Å². The summed E-state index contributed by atoms with van der Waals surface area (Å²) in [6, 6.07) is 15.4. The fraction of sp³-hybridized carbons (Fsp3) is 0.188. The summed E-state index contributed by atoms with van der Waals surface area (Å²) in [6.45, 7) is 1.97. The third kappa shape index (κ3) is 3.39. The van der Waals surface area contributed by atoms with E-state index in [-0.39, 0.29) is 11.9 Å². The molecule has 0 heterocycles. The second kappa shape index (κ2) is 6.57. The standard InChI is InChI=1S/C16H17BrN2O/c1-11(12-6-5-7-13(17)10-12)19-16(20)14-8-3-4-9-15(14)18-2/h3-11,18H,1-2H3,(H,19,20)/t11-/m1/s1. The van der Waals surface area contributed by atoms with Crippen LogP contribution in [0.25, 0.3) is 0 Å². The first-order valence-corrected chi connectivity index (χ1v) is 7.24. The zero-order valence-corrected chi connectivity index (χ0v) is 13.1. The van der Waals surface area contributed by atoms with Crippen LogP contribution in [0.3, 0.4) is 0 Å². The molecule has 3 nitrogen and oxygen atoms in total. The average Bonchev–Trinajstić information content (AvgIpc) is 2.47. The van der Waals surface area contributed by atoms with E-state index in [0.29, 0.717) is 5.56 Å². The summed E-state index contributed by atoms with van der Waals surface area (Å²) >= 11 is 3.44. The number of para-hydroxylation sites is 1. The maximum atomic E-state index is 12.3. The number of nitrogens with one attached hydrogen (secondary N) is 2. The van der Waals surface area contributed by atoms with Crippen LogP contribution >= 0.6 is 15.9 Å². The molecule has 0 bridgehead atoms. The second-order valence-corrected chi connectivity index (χ2v) is 5.46. The first-order chi connectivity index (χ1) is 9.61. The van der Waals surface area contributed by atoms with Gasteiger partial charge in [-0.2, -0.15) is 0 Å². The van der Waals surface area contributed by atoms with Gasteiger partial charge < -0.3 is 10.6 Å². The Morgan fingerprint density at radius 1 is 1.15 bits per heavy atom. The Morgan fingerprint density at radius 3 is 2.60 bits per heavy atom. The van der Waals surface area contributed by atoms with Crippen LogP contribution in [0.2, 0.25) is 0 Å². The van der Waals surface area contributed by atoms with Crippen molar-refractivity contribution in [1.82, 2.24) is 5.32 Å². The number of hydrogen-bond donors (Lipinski definition) is 2. The quantitative estimate of drug-likeness (QED) is 0.889. The lowest BCUT2D eigenvalue weighted by molar-refractivity contribution is 0.0940. The van der Waals surface area contributed by atoms with Crippen molar-refractivity contribution in [2.24, 2.45) is 0 Å². The molecule has 0 aliphatic rings. The van der Waals surface area contributed by atoms with Gasteiger partial charge in [-0.25, -0.2) is 0 Å². The van der Waals surface area contributed by atoms with Crippen molar-refractivity contribution in [3.05, 3.63) is 64.1 Å². The SMILES string of the molecule is CNc1ccccc1C(=O)N[C@H](C)c1cccc(Br)c1. The van der Waals surface area contributed by atoms with E-state index in [4.69, 9.17) is 0 Å². The number of benzene rings is 2. The molecule has 0 saturated heterocycles. The van der Waals surface area contributed by atoms with Gasteiger partial charge in [0.2, 0.25) is 0 Å². The van der Waals surface area contributed by atoms with E-state index < -0.39 is 0 Å². The van der Waals surface area contributed by atoms with Crippen LogP contribution in [-0.2, 0) is 0 Å². The minimum atomic E-state index is -0.0811. The van der Waals surface area contributed by atoms with Crippen LogP contribution in [0.5, 0.6) is 0 Å². The number of halogens is 1. The molecule has 0 aliphatic heterocycles. The Labute approximate surface area is 127 Å². The first kappa shape index (κ1) is 14.6. The van der Waals surface area contributed by atoms with Gasteiger partial charge >= 0.3 is 0 Å². The number of carbonyl (C=O) groups is 1. The van der Waals surface area contributed by atoms with Crippen molar-refractivity contribution in [2.75, 3.05) is 12.4 Å². The van der Waals surface area contributed by atoms with Crippen LogP contribution in [0.1, 0.15) is 28.9 Å². The summed E-state index contributed by atoms with van der Waals surface area (Å²) < 4.78 is 1.01. The largest absolute Gasteiger partial charge is 0.387 e. The highest BCUT2D eigenvalue weighted by Gasteiger charge is 2.14. The Kier molecular flexibility index (Phi) is 4.79. The predicted octanol–water partition coefficient (Wildman–Crippen LogP) is 3.98. The van der Waals surface area contributed by atoms with Crippen LogP contribution in [-0.4, -0.2) is 13.0 Å². The molecule has 104 valence electrons. The third-order valence-corrected chi connectivity index (χ3v) is 3.63. The molecule has 20 heavy (non-hydrogen) atoms. The van der Waals surface area contributed by atoms with Crippen molar-refractivity contribution >= 4 is 27.5 Å². The molecule has 0 fully saturated rings. The fourth-order valence-corrected chi connectivity index (χ4v) is 2.45. The maximum absolute atomic E-state index is 12.3. The minimum absolute atomic E-state index is 0.0510. The zero-order chi connectivity index (χ0) is 14.5. The molecular formula is C16H17BrN2O. The summed E-state index contributed by atoms with van der Waals surface area (Å²) in [7, 11) is 1.81. The smallest absolute Gasteiger partial charge is 0.253 e. The Morgan fingerprint density at radius 2 is 1.90 bits per heavy atom. The minimum Gasteiger partial charge on any atom is -0.387 e. The predicted molar refractivity (Wildman–Crippen MR) is 86.0 cm³/mol. The number of carbonyl (C=O) groups excluding carboxylic acids is 1. The van der Waals surface area contributed by atoms with Crippen LogP contribution in [0, 0.1) is 0 Å².